The van der Waals surface area contributed by atoms with E-state index in [4.69, 9.17) is 27.9 Å². The van der Waals surface area contributed by atoms with Crippen LogP contribution in [0.4, 0.5) is 0 Å². The number of hydrogen-bond acceptors (Lipinski definition) is 2. The molecule has 1 N–H and O–H groups in total. The van der Waals surface area contributed by atoms with Gasteiger partial charge in [-0.25, -0.2) is 0 Å². The maximum Gasteiger partial charge on any atom is 0.139 e. The zero-order valence-corrected chi connectivity index (χ0v) is 11.8. The number of benzene rings is 1. The standard InChI is InChI=1S/C14H18Cl2O2/c15-12-6-3-7-13(14(12)16)18-9-11(17)8-10-4-1-2-5-10/h3,6-7,10-11,17H,1-2,4-5,8-9H2. The molecule has 1 fully saturated rings. The van der Waals surface area contributed by atoms with Crippen molar-refractivity contribution in [1.82, 2.24) is 0 Å². The van der Waals surface area contributed by atoms with E-state index in [9.17, 15) is 5.11 Å². The fourth-order valence-corrected chi connectivity index (χ4v) is 2.83. The first-order valence-electron chi connectivity index (χ1n) is 6.41. The van der Waals surface area contributed by atoms with Crippen molar-refractivity contribution < 1.29 is 9.84 Å². The molecule has 2 rings (SSSR count). The van der Waals surface area contributed by atoms with Gasteiger partial charge in [0, 0.05) is 0 Å². The van der Waals surface area contributed by atoms with Crippen LogP contribution in [0.3, 0.4) is 0 Å². The van der Waals surface area contributed by atoms with Crippen LogP contribution in [-0.4, -0.2) is 17.8 Å². The molecule has 1 atom stereocenters. The number of aliphatic hydroxyl groups excluding tert-OH is 1. The highest BCUT2D eigenvalue weighted by molar-refractivity contribution is 6.42. The third-order valence-corrected chi connectivity index (χ3v) is 4.23. The highest BCUT2D eigenvalue weighted by Crippen LogP contribution is 2.32. The van der Waals surface area contributed by atoms with E-state index in [0.29, 0.717) is 21.7 Å². The summed E-state index contributed by atoms with van der Waals surface area (Å²) in [6.07, 6.45) is 5.43. The summed E-state index contributed by atoms with van der Waals surface area (Å²) in [4.78, 5) is 0. The van der Waals surface area contributed by atoms with Crippen LogP contribution in [0.1, 0.15) is 32.1 Å². The Morgan fingerprint density at radius 3 is 2.72 bits per heavy atom. The highest BCUT2D eigenvalue weighted by atomic mass is 35.5. The first kappa shape index (κ1) is 14.0. The monoisotopic (exact) mass is 288 g/mol. The minimum Gasteiger partial charge on any atom is -0.489 e. The summed E-state index contributed by atoms with van der Waals surface area (Å²) >= 11 is 11.9. The van der Waals surface area contributed by atoms with E-state index in [1.807, 2.05) is 0 Å². The van der Waals surface area contributed by atoms with Crippen LogP contribution < -0.4 is 4.74 Å². The van der Waals surface area contributed by atoms with E-state index in [1.165, 1.54) is 25.7 Å². The molecular formula is C14H18Cl2O2. The zero-order valence-electron chi connectivity index (χ0n) is 10.2. The van der Waals surface area contributed by atoms with E-state index in [-0.39, 0.29) is 6.61 Å². The maximum atomic E-state index is 9.93. The Morgan fingerprint density at radius 2 is 2.00 bits per heavy atom. The molecule has 1 aliphatic rings. The van der Waals surface area contributed by atoms with Crippen LogP contribution in [0.5, 0.6) is 5.75 Å². The summed E-state index contributed by atoms with van der Waals surface area (Å²) in [5.74, 6) is 1.19. The molecule has 0 bridgehead atoms. The van der Waals surface area contributed by atoms with E-state index in [2.05, 4.69) is 0 Å². The third-order valence-electron chi connectivity index (χ3n) is 3.43. The van der Waals surface area contributed by atoms with Crippen LogP contribution in [0.25, 0.3) is 0 Å². The largest absolute Gasteiger partial charge is 0.489 e. The summed E-state index contributed by atoms with van der Waals surface area (Å²) in [5, 5.41) is 10.8. The van der Waals surface area contributed by atoms with Crippen molar-refractivity contribution in [3.63, 3.8) is 0 Å². The lowest BCUT2D eigenvalue weighted by Gasteiger charge is -2.16. The third kappa shape index (κ3) is 3.78. The van der Waals surface area contributed by atoms with Crippen LogP contribution in [0.15, 0.2) is 18.2 Å². The SMILES string of the molecule is OC(COc1cccc(Cl)c1Cl)CC1CCCC1. The van der Waals surface area contributed by atoms with Gasteiger partial charge in [0.05, 0.1) is 11.1 Å². The molecule has 1 aromatic carbocycles. The number of hydrogen-bond donors (Lipinski definition) is 1. The zero-order chi connectivity index (χ0) is 13.0. The summed E-state index contributed by atoms with van der Waals surface area (Å²) in [6.45, 7) is 0.274. The topological polar surface area (TPSA) is 29.5 Å². The van der Waals surface area contributed by atoms with E-state index in [0.717, 1.165) is 6.42 Å². The van der Waals surface area contributed by atoms with Crippen molar-refractivity contribution in [3.8, 4) is 5.75 Å². The van der Waals surface area contributed by atoms with Gasteiger partial charge in [-0.05, 0) is 24.5 Å². The molecule has 1 saturated carbocycles. The van der Waals surface area contributed by atoms with Crippen LogP contribution in [0.2, 0.25) is 10.0 Å². The Morgan fingerprint density at radius 1 is 1.28 bits per heavy atom. The van der Waals surface area contributed by atoms with E-state index in [1.54, 1.807) is 18.2 Å². The van der Waals surface area contributed by atoms with Crippen molar-refractivity contribution in [1.29, 1.82) is 0 Å². The van der Waals surface area contributed by atoms with Crippen LogP contribution in [0, 0.1) is 5.92 Å². The molecule has 1 aromatic rings. The van der Waals surface area contributed by atoms with Crippen molar-refractivity contribution in [2.24, 2.45) is 5.92 Å². The van der Waals surface area contributed by atoms with Crippen LogP contribution in [-0.2, 0) is 0 Å². The van der Waals surface area contributed by atoms with E-state index >= 15 is 0 Å². The Labute approximate surface area is 118 Å². The van der Waals surface area contributed by atoms with Gasteiger partial charge >= 0.3 is 0 Å². The number of rotatable bonds is 5. The first-order valence-corrected chi connectivity index (χ1v) is 7.17. The number of ether oxygens (including phenoxy) is 1. The predicted molar refractivity (Wildman–Crippen MR) is 74.5 cm³/mol. The second-order valence-electron chi connectivity index (χ2n) is 4.90. The summed E-state index contributed by atoms with van der Waals surface area (Å²) in [7, 11) is 0. The summed E-state index contributed by atoms with van der Waals surface area (Å²) < 4.78 is 5.52. The lowest BCUT2D eigenvalue weighted by molar-refractivity contribution is 0.0856. The van der Waals surface area contributed by atoms with Gasteiger partial charge in [0.15, 0.2) is 0 Å². The molecule has 1 aliphatic carbocycles. The van der Waals surface area contributed by atoms with Gasteiger partial charge < -0.3 is 9.84 Å². The smallest absolute Gasteiger partial charge is 0.139 e. The average molecular weight is 289 g/mol. The molecule has 1 unspecified atom stereocenters. The molecule has 0 spiro atoms. The molecule has 4 heteroatoms. The molecule has 0 aliphatic heterocycles. The summed E-state index contributed by atoms with van der Waals surface area (Å²) in [6, 6.07) is 5.26. The lowest BCUT2D eigenvalue weighted by atomic mass is 10.0. The van der Waals surface area contributed by atoms with Crippen molar-refractivity contribution in [2.45, 2.75) is 38.2 Å². The Kier molecular flexibility index (Phi) is 5.16. The molecule has 100 valence electrons. The van der Waals surface area contributed by atoms with Crippen molar-refractivity contribution in [3.05, 3.63) is 28.2 Å². The molecule has 2 nitrogen and oxygen atoms in total. The molecule has 0 heterocycles. The molecule has 0 amide bonds. The van der Waals surface area contributed by atoms with Gasteiger partial charge in [-0.15, -0.1) is 0 Å². The Balaban J connectivity index is 1.81. The Hall–Kier alpha value is -0.440. The molecular weight excluding hydrogens is 271 g/mol. The fourth-order valence-electron chi connectivity index (χ4n) is 2.48. The second kappa shape index (κ2) is 6.65. The van der Waals surface area contributed by atoms with Crippen molar-refractivity contribution in [2.75, 3.05) is 6.61 Å². The molecule has 0 radical (unpaired) electrons. The normalized spacial score (nSPS) is 17.9. The van der Waals surface area contributed by atoms with Gasteiger partial charge in [-0.2, -0.15) is 0 Å². The first-order chi connectivity index (χ1) is 8.66. The molecule has 0 aromatic heterocycles. The van der Waals surface area contributed by atoms with Gasteiger partial charge in [-0.3, -0.25) is 0 Å². The van der Waals surface area contributed by atoms with Gasteiger partial charge in [0.2, 0.25) is 0 Å². The fraction of sp³-hybridized carbons (Fsp3) is 0.571. The molecule has 18 heavy (non-hydrogen) atoms. The number of halogens is 2. The average Bonchev–Trinajstić information content (AvgIpc) is 2.84. The highest BCUT2D eigenvalue weighted by Gasteiger charge is 2.19. The van der Waals surface area contributed by atoms with Gasteiger partial charge in [0.1, 0.15) is 17.4 Å². The molecule has 0 saturated heterocycles. The van der Waals surface area contributed by atoms with Crippen LogP contribution >= 0.6 is 23.2 Å². The van der Waals surface area contributed by atoms with Gasteiger partial charge in [-0.1, -0.05) is 55.0 Å². The number of aliphatic hydroxyl groups is 1. The Bertz CT molecular complexity index is 389. The lowest BCUT2D eigenvalue weighted by Crippen LogP contribution is -2.20. The maximum absolute atomic E-state index is 9.93. The van der Waals surface area contributed by atoms with Crippen molar-refractivity contribution >= 4 is 23.2 Å². The minimum atomic E-state index is -0.428. The van der Waals surface area contributed by atoms with E-state index < -0.39 is 6.10 Å². The van der Waals surface area contributed by atoms with Gasteiger partial charge in [0.25, 0.3) is 0 Å². The quantitative estimate of drug-likeness (QED) is 0.875. The minimum absolute atomic E-state index is 0.274. The second-order valence-corrected chi connectivity index (χ2v) is 5.69. The predicted octanol–water partition coefficient (Wildman–Crippen LogP) is 4.31. The summed E-state index contributed by atoms with van der Waals surface area (Å²) in [5.41, 5.74) is 0.